The van der Waals surface area contributed by atoms with Gasteiger partial charge in [0.1, 0.15) is 8.07 Å². The van der Waals surface area contributed by atoms with Crippen LogP contribution in [0.15, 0.2) is 29.2 Å². The average molecular weight is 248 g/mol. The highest BCUT2D eigenvalue weighted by Crippen LogP contribution is 2.18. The molecule has 1 nitrogen and oxygen atoms in total. The topological polar surface area (TPSA) is 17.1 Å². The van der Waals surface area contributed by atoms with E-state index < -0.39 is 8.07 Å². The van der Waals surface area contributed by atoms with Gasteiger partial charge in [-0.1, -0.05) is 37.3 Å². The lowest BCUT2D eigenvalue weighted by molar-refractivity contribution is -0.109. The Hall–Kier alpha value is -0.983. The maximum Gasteiger partial charge on any atom is 0.190 e. The third-order valence-electron chi connectivity index (χ3n) is 1.70. The molecule has 0 unspecified atom stereocenters. The van der Waals surface area contributed by atoms with Gasteiger partial charge in [-0.2, -0.15) is 0 Å². The molecule has 0 saturated carbocycles. The van der Waals surface area contributed by atoms with Gasteiger partial charge >= 0.3 is 0 Å². The second kappa shape index (κ2) is 5.38. The SMILES string of the molecule is CC(=O)Sc1ccc(C#C[Si](C)(C)C)cc1. The number of carbonyl (C=O) groups excluding carboxylic acids is 1. The first-order chi connectivity index (χ1) is 7.37. The van der Waals surface area contributed by atoms with Crippen LogP contribution in [0, 0.1) is 11.5 Å². The van der Waals surface area contributed by atoms with Gasteiger partial charge in [0, 0.05) is 17.4 Å². The minimum atomic E-state index is -1.30. The van der Waals surface area contributed by atoms with Crippen molar-refractivity contribution < 1.29 is 4.79 Å². The molecule has 0 aliphatic carbocycles. The van der Waals surface area contributed by atoms with Crippen LogP contribution < -0.4 is 0 Å². The maximum atomic E-state index is 10.9. The van der Waals surface area contributed by atoms with Crippen molar-refractivity contribution in [1.82, 2.24) is 0 Å². The third kappa shape index (κ3) is 5.20. The number of benzene rings is 1. The summed E-state index contributed by atoms with van der Waals surface area (Å²) >= 11 is 1.25. The first-order valence-electron chi connectivity index (χ1n) is 5.18. The second-order valence-corrected chi connectivity index (χ2v) is 10.6. The molecule has 0 spiro atoms. The van der Waals surface area contributed by atoms with Crippen LogP contribution in [0.3, 0.4) is 0 Å². The van der Waals surface area contributed by atoms with Crippen molar-refractivity contribution in [1.29, 1.82) is 0 Å². The van der Waals surface area contributed by atoms with Gasteiger partial charge in [0.25, 0.3) is 0 Å². The summed E-state index contributed by atoms with van der Waals surface area (Å²) in [6.45, 7) is 8.24. The molecule has 1 rings (SSSR count). The Balaban J connectivity index is 2.78. The largest absolute Gasteiger partial charge is 0.287 e. The van der Waals surface area contributed by atoms with Crippen LogP contribution in [0.2, 0.25) is 19.6 Å². The van der Waals surface area contributed by atoms with Gasteiger partial charge in [0.05, 0.1) is 0 Å². The highest BCUT2D eigenvalue weighted by molar-refractivity contribution is 8.13. The second-order valence-electron chi connectivity index (χ2n) is 4.62. The molecule has 3 heteroatoms. The standard InChI is InChI=1S/C13H16OSSi/c1-11(14)15-13-7-5-12(6-8-13)9-10-16(2,3)4/h5-8H,1-4H3. The van der Waals surface area contributed by atoms with Gasteiger partial charge in [0.2, 0.25) is 0 Å². The van der Waals surface area contributed by atoms with Crippen molar-refractivity contribution in [3.63, 3.8) is 0 Å². The van der Waals surface area contributed by atoms with E-state index in [9.17, 15) is 4.79 Å². The fourth-order valence-corrected chi connectivity index (χ4v) is 2.16. The summed E-state index contributed by atoms with van der Waals surface area (Å²) in [5, 5.41) is 0.112. The summed E-state index contributed by atoms with van der Waals surface area (Å²) in [7, 11) is -1.30. The van der Waals surface area contributed by atoms with Crippen molar-refractivity contribution in [2.24, 2.45) is 0 Å². The van der Waals surface area contributed by atoms with Crippen molar-refractivity contribution >= 4 is 25.0 Å². The van der Waals surface area contributed by atoms with Crippen molar-refractivity contribution in [3.05, 3.63) is 29.8 Å². The minimum Gasteiger partial charge on any atom is -0.287 e. The Kier molecular flexibility index (Phi) is 4.40. The van der Waals surface area contributed by atoms with Gasteiger partial charge < -0.3 is 0 Å². The average Bonchev–Trinajstić information content (AvgIpc) is 2.14. The molecule has 0 heterocycles. The van der Waals surface area contributed by atoms with Gasteiger partial charge in [-0.15, -0.1) is 5.54 Å². The summed E-state index contributed by atoms with van der Waals surface area (Å²) in [5.74, 6) is 3.18. The number of carbonyl (C=O) groups is 1. The fraction of sp³-hybridized carbons (Fsp3) is 0.308. The molecule has 0 saturated heterocycles. The quantitative estimate of drug-likeness (QED) is 0.429. The zero-order valence-corrected chi connectivity index (χ0v) is 11.9. The molecule has 1 aromatic carbocycles. The Bertz CT molecular complexity index is 432. The van der Waals surface area contributed by atoms with Crippen LogP contribution in [-0.4, -0.2) is 13.2 Å². The molecule has 0 amide bonds. The van der Waals surface area contributed by atoms with Crippen molar-refractivity contribution in [2.75, 3.05) is 0 Å². The van der Waals surface area contributed by atoms with E-state index in [4.69, 9.17) is 0 Å². The molecule has 0 aliphatic rings. The molecule has 16 heavy (non-hydrogen) atoms. The minimum absolute atomic E-state index is 0.112. The summed E-state index contributed by atoms with van der Waals surface area (Å²) in [4.78, 5) is 11.9. The smallest absolute Gasteiger partial charge is 0.190 e. The summed E-state index contributed by atoms with van der Waals surface area (Å²) in [6, 6.07) is 7.83. The van der Waals surface area contributed by atoms with Crippen LogP contribution in [-0.2, 0) is 4.79 Å². The van der Waals surface area contributed by atoms with E-state index in [1.165, 1.54) is 11.8 Å². The predicted octanol–water partition coefficient (Wildman–Crippen LogP) is 3.55. The van der Waals surface area contributed by atoms with E-state index in [-0.39, 0.29) is 5.12 Å². The lowest BCUT2D eigenvalue weighted by Gasteiger charge is -2.03. The molecular formula is C13H16OSSi. The van der Waals surface area contributed by atoms with Gasteiger partial charge in [-0.3, -0.25) is 4.79 Å². The molecular weight excluding hydrogens is 232 g/mol. The highest BCUT2D eigenvalue weighted by Gasteiger charge is 2.07. The van der Waals surface area contributed by atoms with E-state index in [0.717, 1.165) is 10.5 Å². The predicted molar refractivity (Wildman–Crippen MR) is 73.2 cm³/mol. The van der Waals surface area contributed by atoms with E-state index in [1.807, 2.05) is 24.3 Å². The monoisotopic (exact) mass is 248 g/mol. The zero-order chi connectivity index (χ0) is 12.2. The van der Waals surface area contributed by atoms with Crippen LogP contribution in [0.1, 0.15) is 12.5 Å². The van der Waals surface area contributed by atoms with Crippen LogP contribution in [0.25, 0.3) is 0 Å². The van der Waals surface area contributed by atoms with Crippen LogP contribution >= 0.6 is 11.8 Å². The molecule has 0 radical (unpaired) electrons. The number of hydrogen-bond acceptors (Lipinski definition) is 2. The van der Waals surface area contributed by atoms with Gasteiger partial charge in [-0.05, 0) is 24.3 Å². The lowest BCUT2D eigenvalue weighted by Crippen LogP contribution is -2.16. The zero-order valence-electron chi connectivity index (χ0n) is 10.1. The number of rotatable bonds is 1. The molecule has 0 N–H and O–H groups in total. The normalized spacial score (nSPS) is 10.5. The third-order valence-corrected chi connectivity index (χ3v) is 3.37. The van der Waals surface area contributed by atoms with Gasteiger partial charge in [-0.25, -0.2) is 0 Å². The molecule has 0 aliphatic heterocycles. The Morgan fingerprint density at radius 2 is 1.75 bits per heavy atom. The maximum absolute atomic E-state index is 10.9. The fourth-order valence-electron chi connectivity index (χ4n) is 1.03. The summed E-state index contributed by atoms with van der Waals surface area (Å²) in [6.07, 6.45) is 0. The van der Waals surface area contributed by atoms with Crippen molar-refractivity contribution in [3.8, 4) is 11.5 Å². The number of hydrogen-bond donors (Lipinski definition) is 0. The lowest BCUT2D eigenvalue weighted by atomic mass is 10.2. The summed E-state index contributed by atoms with van der Waals surface area (Å²) in [5.41, 5.74) is 4.34. The first kappa shape index (κ1) is 13.1. The van der Waals surface area contributed by atoms with E-state index in [0.29, 0.717) is 0 Å². The molecule has 84 valence electrons. The Labute approximate surface area is 103 Å². The van der Waals surface area contributed by atoms with E-state index >= 15 is 0 Å². The van der Waals surface area contributed by atoms with E-state index in [2.05, 4.69) is 31.1 Å². The first-order valence-corrected chi connectivity index (χ1v) is 9.50. The van der Waals surface area contributed by atoms with Crippen LogP contribution in [0.4, 0.5) is 0 Å². The Morgan fingerprint density at radius 1 is 1.19 bits per heavy atom. The van der Waals surface area contributed by atoms with E-state index in [1.54, 1.807) is 6.92 Å². The van der Waals surface area contributed by atoms with Crippen LogP contribution in [0.5, 0.6) is 0 Å². The number of thioether (sulfide) groups is 1. The molecule has 1 aromatic rings. The molecule has 0 bridgehead atoms. The summed E-state index contributed by atoms with van der Waals surface area (Å²) < 4.78 is 0. The molecule has 0 atom stereocenters. The highest BCUT2D eigenvalue weighted by atomic mass is 32.2. The van der Waals surface area contributed by atoms with Crippen molar-refractivity contribution in [2.45, 2.75) is 31.5 Å². The van der Waals surface area contributed by atoms with Gasteiger partial charge in [0.15, 0.2) is 5.12 Å². The molecule has 0 fully saturated rings. The Morgan fingerprint density at radius 3 is 2.19 bits per heavy atom. The molecule has 0 aromatic heterocycles.